The Morgan fingerprint density at radius 2 is 2.00 bits per heavy atom. The van der Waals surface area contributed by atoms with E-state index in [-0.39, 0.29) is 0 Å². The summed E-state index contributed by atoms with van der Waals surface area (Å²) in [6.07, 6.45) is 1.89. The third kappa shape index (κ3) is 2.56. The molecule has 74 valence electrons. The second-order valence-corrected chi connectivity index (χ2v) is 4.96. The Kier molecular flexibility index (Phi) is 3.54. The SMILES string of the molecule is CC(C)Cn1ncc(Br)c1C(C)C. The van der Waals surface area contributed by atoms with Crippen molar-refractivity contribution >= 4 is 15.9 Å². The van der Waals surface area contributed by atoms with Crippen LogP contribution in [0.3, 0.4) is 0 Å². The van der Waals surface area contributed by atoms with Gasteiger partial charge in [-0.3, -0.25) is 4.68 Å². The van der Waals surface area contributed by atoms with Gasteiger partial charge in [0.1, 0.15) is 0 Å². The monoisotopic (exact) mass is 244 g/mol. The standard InChI is InChI=1S/C10H17BrN2/c1-7(2)6-13-10(8(3)4)9(11)5-12-13/h5,7-8H,6H2,1-4H3. The summed E-state index contributed by atoms with van der Waals surface area (Å²) in [5, 5.41) is 4.35. The summed E-state index contributed by atoms with van der Waals surface area (Å²) in [6.45, 7) is 9.80. The van der Waals surface area contributed by atoms with Gasteiger partial charge in [-0.2, -0.15) is 5.10 Å². The molecule has 0 atom stereocenters. The molecular weight excluding hydrogens is 228 g/mol. The van der Waals surface area contributed by atoms with Crippen molar-refractivity contribution < 1.29 is 0 Å². The van der Waals surface area contributed by atoms with Gasteiger partial charge in [-0.15, -0.1) is 0 Å². The lowest BCUT2D eigenvalue weighted by molar-refractivity contribution is 0.461. The van der Waals surface area contributed by atoms with Gasteiger partial charge < -0.3 is 0 Å². The lowest BCUT2D eigenvalue weighted by Crippen LogP contribution is -2.10. The molecule has 1 rings (SSSR count). The van der Waals surface area contributed by atoms with Gasteiger partial charge in [0.05, 0.1) is 16.4 Å². The van der Waals surface area contributed by atoms with Crippen molar-refractivity contribution in [3.63, 3.8) is 0 Å². The molecule has 1 aromatic rings. The molecule has 1 aromatic heterocycles. The lowest BCUT2D eigenvalue weighted by Gasteiger charge is -2.12. The Bertz CT molecular complexity index is 276. The van der Waals surface area contributed by atoms with Crippen molar-refractivity contribution in [2.75, 3.05) is 0 Å². The molecule has 0 aromatic carbocycles. The van der Waals surface area contributed by atoms with Gasteiger partial charge in [0.15, 0.2) is 0 Å². The average molecular weight is 245 g/mol. The molecule has 13 heavy (non-hydrogen) atoms. The normalized spacial score (nSPS) is 11.6. The zero-order valence-electron chi connectivity index (χ0n) is 8.71. The lowest BCUT2D eigenvalue weighted by atomic mass is 10.1. The molecule has 0 spiro atoms. The van der Waals surface area contributed by atoms with Gasteiger partial charge in [-0.1, -0.05) is 27.7 Å². The third-order valence-corrected chi connectivity index (χ3v) is 2.53. The molecule has 0 fully saturated rings. The number of nitrogens with zero attached hydrogens (tertiary/aromatic N) is 2. The first-order valence-corrected chi connectivity index (χ1v) is 5.53. The predicted octanol–water partition coefficient (Wildman–Crippen LogP) is 3.43. The Hall–Kier alpha value is -0.310. The summed E-state index contributed by atoms with van der Waals surface area (Å²) in [5.74, 6) is 1.17. The van der Waals surface area contributed by atoms with E-state index in [1.54, 1.807) is 0 Å². The van der Waals surface area contributed by atoms with E-state index < -0.39 is 0 Å². The maximum absolute atomic E-state index is 4.35. The van der Waals surface area contributed by atoms with Crippen LogP contribution in [0.4, 0.5) is 0 Å². The highest BCUT2D eigenvalue weighted by Crippen LogP contribution is 2.24. The van der Waals surface area contributed by atoms with Crippen LogP contribution in [-0.4, -0.2) is 9.78 Å². The van der Waals surface area contributed by atoms with E-state index in [4.69, 9.17) is 0 Å². The summed E-state index contributed by atoms with van der Waals surface area (Å²) in [7, 11) is 0. The summed E-state index contributed by atoms with van der Waals surface area (Å²) >= 11 is 3.52. The van der Waals surface area contributed by atoms with Crippen molar-refractivity contribution in [1.29, 1.82) is 0 Å². The molecule has 0 N–H and O–H groups in total. The molecule has 2 nitrogen and oxygen atoms in total. The number of aromatic nitrogens is 2. The highest BCUT2D eigenvalue weighted by molar-refractivity contribution is 9.10. The number of halogens is 1. The molecule has 0 aliphatic rings. The van der Waals surface area contributed by atoms with Gasteiger partial charge in [0.25, 0.3) is 0 Å². The number of hydrogen-bond acceptors (Lipinski definition) is 1. The van der Waals surface area contributed by atoms with Crippen LogP contribution in [0.1, 0.15) is 39.3 Å². The van der Waals surface area contributed by atoms with Gasteiger partial charge in [0.2, 0.25) is 0 Å². The Balaban J connectivity index is 2.94. The molecule has 0 unspecified atom stereocenters. The van der Waals surface area contributed by atoms with Crippen LogP contribution in [0.5, 0.6) is 0 Å². The summed E-state index contributed by atoms with van der Waals surface area (Å²) < 4.78 is 3.22. The largest absolute Gasteiger partial charge is 0.268 e. The molecule has 0 radical (unpaired) electrons. The molecule has 0 saturated carbocycles. The highest BCUT2D eigenvalue weighted by atomic mass is 79.9. The van der Waals surface area contributed by atoms with Crippen molar-refractivity contribution in [3.05, 3.63) is 16.4 Å². The minimum atomic E-state index is 0.524. The van der Waals surface area contributed by atoms with Crippen LogP contribution in [0.15, 0.2) is 10.7 Å². The van der Waals surface area contributed by atoms with E-state index >= 15 is 0 Å². The van der Waals surface area contributed by atoms with Crippen LogP contribution in [-0.2, 0) is 6.54 Å². The van der Waals surface area contributed by atoms with Crippen molar-refractivity contribution in [1.82, 2.24) is 9.78 Å². The Labute approximate surface area is 88.5 Å². The van der Waals surface area contributed by atoms with Crippen LogP contribution < -0.4 is 0 Å². The zero-order chi connectivity index (χ0) is 10.0. The molecular formula is C10H17BrN2. The van der Waals surface area contributed by atoms with E-state index in [0.717, 1.165) is 11.0 Å². The number of hydrogen-bond donors (Lipinski definition) is 0. The Morgan fingerprint density at radius 3 is 2.46 bits per heavy atom. The van der Waals surface area contributed by atoms with Gasteiger partial charge in [-0.05, 0) is 27.8 Å². The van der Waals surface area contributed by atoms with Crippen LogP contribution in [0.25, 0.3) is 0 Å². The van der Waals surface area contributed by atoms with E-state index in [0.29, 0.717) is 11.8 Å². The molecule has 3 heteroatoms. The first kappa shape index (κ1) is 10.8. The predicted molar refractivity (Wildman–Crippen MR) is 58.9 cm³/mol. The second-order valence-electron chi connectivity index (χ2n) is 4.11. The van der Waals surface area contributed by atoms with E-state index in [1.165, 1.54) is 5.69 Å². The summed E-state index contributed by atoms with van der Waals surface area (Å²) in [4.78, 5) is 0. The van der Waals surface area contributed by atoms with E-state index in [9.17, 15) is 0 Å². The fourth-order valence-corrected chi connectivity index (χ4v) is 2.19. The molecule has 0 bridgehead atoms. The van der Waals surface area contributed by atoms with Crippen molar-refractivity contribution in [2.45, 2.75) is 40.2 Å². The minimum Gasteiger partial charge on any atom is -0.268 e. The molecule has 0 aliphatic heterocycles. The number of rotatable bonds is 3. The third-order valence-electron chi connectivity index (χ3n) is 1.92. The zero-order valence-corrected chi connectivity index (χ0v) is 10.3. The molecule has 1 heterocycles. The smallest absolute Gasteiger partial charge is 0.0635 e. The molecule has 0 aliphatic carbocycles. The van der Waals surface area contributed by atoms with E-state index in [1.807, 2.05) is 6.20 Å². The maximum atomic E-state index is 4.35. The van der Waals surface area contributed by atoms with Gasteiger partial charge >= 0.3 is 0 Å². The highest BCUT2D eigenvalue weighted by Gasteiger charge is 2.12. The van der Waals surface area contributed by atoms with Gasteiger partial charge in [-0.25, -0.2) is 0 Å². The van der Waals surface area contributed by atoms with Crippen LogP contribution >= 0.6 is 15.9 Å². The van der Waals surface area contributed by atoms with Crippen molar-refractivity contribution in [2.24, 2.45) is 5.92 Å². The fraction of sp³-hybridized carbons (Fsp3) is 0.700. The first-order chi connectivity index (χ1) is 6.02. The first-order valence-electron chi connectivity index (χ1n) is 4.73. The Morgan fingerprint density at radius 1 is 1.38 bits per heavy atom. The minimum absolute atomic E-state index is 0.524. The van der Waals surface area contributed by atoms with E-state index in [2.05, 4.69) is 53.4 Å². The molecule has 0 amide bonds. The van der Waals surface area contributed by atoms with Crippen molar-refractivity contribution in [3.8, 4) is 0 Å². The van der Waals surface area contributed by atoms with Crippen LogP contribution in [0.2, 0.25) is 0 Å². The fourth-order valence-electron chi connectivity index (χ4n) is 1.44. The molecule has 0 saturated heterocycles. The second kappa shape index (κ2) is 4.27. The average Bonchev–Trinajstić information content (AvgIpc) is 2.30. The van der Waals surface area contributed by atoms with Gasteiger partial charge in [0, 0.05) is 6.54 Å². The topological polar surface area (TPSA) is 17.8 Å². The quantitative estimate of drug-likeness (QED) is 0.797. The maximum Gasteiger partial charge on any atom is 0.0635 e. The van der Waals surface area contributed by atoms with Crippen LogP contribution in [0, 0.1) is 5.92 Å². The summed E-state index contributed by atoms with van der Waals surface area (Å²) in [6, 6.07) is 0. The summed E-state index contributed by atoms with van der Waals surface area (Å²) in [5.41, 5.74) is 1.30.